The number of furan rings is 1. The van der Waals surface area contributed by atoms with Crippen molar-refractivity contribution < 1.29 is 4.42 Å². The molecule has 0 bridgehead atoms. The predicted octanol–water partition coefficient (Wildman–Crippen LogP) is 11.4. The smallest absolute Gasteiger partial charge is 0.143 e. The van der Waals surface area contributed by atoms with Crippen molar-refractivity contribution in [2.75, 3.05) is 0 Å². The highest BCUT2D eigenvalue weighted by Crippen LogP contribution is 2.42. The summed E-state index contributed by atoms with van der Waals surface area (Å²) in [6.45, 7) is 0. The summed E-state index contributed by atoms with van der Waals surface area (Å²) >= 11 is 0. The molecule has 0 saturated carbocycles. The van der Waals surface area contributed by atoms with Crippen LogP contribution in [0.15, 0.2) is 162 Å². The summed E-state index contributed by atoms with van der Waals surface area (Å²) in [5.41, 5.74) is 11.4. The highest BCUT2D eigenvalue weighted by Gasteiger charge is 2.16. The van der Waals surface area contributed by atoms with E-state index in [2.05, 4.69) is 146 Å². The monoisotopic (exact) mass is 522 g/mol. The van der Waals surface area contributed by atoms with Crippen molar-refractivity contribution in [3.8, 4) is 44.5 Å². The molecule has 0 aliphatic rings. The molecule has 1 nitrogen and oxygen atoms in total. The second kappa shape index (κ2) is 9.66. The van der Waals surface area contributed by atoms with E-state index in [0.29, 0.717) is 0 Å². The van der Waals surface area contributed by atoms with Gasteiger partial charge in [-0.3, -0.25) is 0 Å². The highest BCUT2D eigenvalue weighted by molar-refractivity contribution is 6.13. The molecule has 0 amide bonds. The number of hydrogen-bond donors (Lipinski definition) is 0. The molecule has 0 aliphatic heterocycles. The third-order valence-electron chi connectivity index (χ3n) is 8.08. The van der Waals surface area contributed by atoms with Crippen LogP contribution in [0.3, 0.4) is 0 Å². The number of benzene rings is 7. The van der Waals surface area contributed by atoms with Gasteiger partial charge in [0, 0.05) is 16.3 Å². The second-order valence-corrected chi connectivity index (χ2v) is 10.5. The lowest BCUT2D eigenvalue weighted by atomic mass is 9.88. The summed E-state index contributed by atoms with van der Waals surface area (Å²) in [5, 5.41) is 4.73. The maximum atomic E-state index is 6.43. The minimum Gasteiger partial charge on any atom is -0.455 e. The molecule has 1 heteroatoms. The van der Waals surface area contributed by atoms with E-state index in [1.165, 1.54) is 49.7 Å². The third-order valence-corrected chi connectivity index (χ3v) is 8.08. The van der Waals surface area contributed by atoms with Crippen LogP contribution in [0.5, 0.6) is 0 Å². The zero-order valence-electron chi connectivity index (χ0n) is 22.4. The summed E-state index contributed by atoms with van der Waals surface area (Å²) in [7, 11) is 0. The van der Waals surface area contributed by atoms with Crippen LogP contribution < -0.4 is 0 Å². The van der Waals surface area contributed by atoms with Crippen LogP contribution in [0.1, 0.15) is 0 Å². The zero-order chi connectivity index (χ0) is 27.2. The topological polar surface area (TPSA) is 13.1 Å². The molecule has 0 radical (unpaired) electrons. The van der Waals surface area contributed by atoms with Crippen LogP contribution >= 0.6 is 0 Å². The first-order chi connectivity index (χ1) is 20.3. The summed E-state index contributed by atoms with van der Waals surface area (Å²) in [5.74, 6) is 0. The van der Waals surface area contributed by atoms with Crippen LogP contribution in [-0.2, 0) is 0 Å². The van der Waals surface area contributed by atoms with E-state index in [0.717, 1.165) is 27.5 Å². The molecule has 1 heterocycles. The van der Waals surface area contributed by atoms with E-state index in [-0.39, 0.29) is 0 Å². The molecule has 1 aromatic heterocycles. The van der Waals surface area contributed by atoms with Gasteiger partial charge >= 0.3 is 0 Å². The molecule has 0 atom stereocenters. The van der Waals surface area contributed by atoms with E-state index in [9.17, 15) is 0 Å². The van der Waals surface area contributed by atoms with Gasteiger partial charge in [-0.2, -0.15) is 0 Å². The Hall–Kier alpha value is -5.40. The minimum absolute atomic E-state index is 0.919. The molecule has 192 valence electrons. The first-order valence-corrected chi connectivity index (χ1v) is 14.0. The van der Waals surface area contributed by atoms with E-state index in [4.69, 9.17) is 4.42 Å². The van der Waals surface area contributed by atoms with E-state index in [1.54, 1.807) is 0 Å². The van der Waals surface area contributed by atoms with Crippen molar-refractivity contribution in [2.24, 2.45) is 0 Å². The molecule has 0 aliphatic carbocycles. The van der Waals surface area contributed by atoms with Crippen LogP contribution in [0.25, 0.3) is 77.2 Å². The van der Waals surface area contributed by atoms with E-state index < -0.39 is 0 Å². The lowest BCUT2D eigenvalue weighted by Crippen LogP contribution is -1.89. The van der Waals surface area contributed by atoms with Gasteiger partial charge in [-0.05, 0) is 74.0 Å². The van der Waals surface area contributed by atoms with Gasteiger partial charge in [0.2, 0.25) is 0 Å². The standard InChI is InChI=1S/C40H26O/c1-3-12-27(13-4-1)29-24-30(28-14-5-2-6-15-28)26-31(25-29)32-22-23-35(34-17-8-7-16-33(32)34)37-19-11-20-38-36-18-9-10-21-39(36)41-40(37)38/h1-26H. The maximum absolute atomic E-state index is 6.43. The van der Waals surface area contributed by atoms with Crippen molar-refractivity contribution in [2.45, 2.75) is 0 Å². The highest BCUT2D eigenvalue weighted by atomic mass is 16.3. The van der Waals surface area contributed by atoms with Gasteiger partial charge in [0.25, 0.3) is 0 Å². The molecule has 7 aromatic carbocycles. The minimum atomic E-state index is 0.919. The molecule has 8 rings (SSSR count). The average Bonchev–Trinajstić information content (AvgIpc) is 3.44. The Morgan fingerprint density at radius 1 is 0.293 bits per heavy atom. The second-order valence-electron chi connectivity index (χ2n) is 10.5. The van der Waals surface area contributed by atoms with Gasteiger partial charge in [0.15, 0.2) is 0 Å². The molecule has 0 N–H and O–H groups in total. The van der Waals surface area contributed by atoms with E-state index in [1.807, 2.05) is 12.1 Å². The first-order valence-electron chi connectivity index (χ1n) is 14.0. The van der Waals surface area contributed by atoms with E-state index >= 15 is 0 Å². The van der Waals surface area contributed by atoms with Crippen molar-refractivity contribution in [3.63, 3.8) is 0 Å². The molecule has 0 spiro atoms. The number of rotatable bonds is 4. The largest absolute Gasteiger partial charge is 0.455 e. The molecule has 41 heavy (non-hydrogen) atoms. The third kappa shape index (κ3) is 4.02. The fraction of sp³-hybridized carbons (Fsp3) is 0. The number of fused-ring (bicyclic) bond motifs is 4. The van der Waals surface area contributed by atoms with Gasteiger partial charge < -0.3 is 4.42 Å². The lowest BCUT2D eigenvalue weighted by molar-refractivity contribution is 0.670. The van der Waals surface area contributed by atoms with Gasteiger partial charge in [-0.15, -0.1) is 0 Å². The zero-order valence-corrected chi connectivity index (χ0v) is 22.4. The van der Waals surface area contributed by atoms with Gasteiger partial charge in [-0.25, -0.2) is 0 Å². The summed E-state index contributed by atoms with van der Waals surface area (Å²) < 4.78 is 6.43. The van der Waals surface area contributed by atoms with Crippen molar-refractivity contribution in [3.05, 3.63) is 158 Å². The predicted molar refractivity (Wildman–Crippen MR) is 173 cm³/mol. The average molecular weight is 523 g/mol. The molecule has 0 unspecified atom stereocenters. The maximum Gasteiger partial charge on any atom is 0.143 e. The molecular formula is C40H26O. The number of hydrogen-bond acceptors (Lipinski definition) is 1. The van der Waals surface area contributed by atoms with Gasteiger partial charge in [0.1, 0.15) is 11.2 Å². The fourth-order valence-corrected chi connectivity index (χ4v) is 6.12. The van der Waals surface area contributed by atoms with Crippen LogP contribution in [0.4, 0.5) is 0 Å². The fourth-order valence-electron chi connectivity index (χ4n) is 6.12. The number of para-hydroxylation sites is 2. The Morgan fingerprint density at radius 3 is 1.49 bits per heavy atom. The summed E-state index contributed by atoms with van der Waals surface area (Å²) in [4.78, 5) is 0. The Balaban J connectivity index is 1.36. The van der Waals surface area contributed by atoms with Crippen molar-refractivity contribution in [1.29, 1.82) is 0 Å². The normalized spacial score (nSPS) is 11.4. The first kappa shape index (κ1) is 23.5. The quantitative estimate of drug-likeness (QED) is 0.224. The Kier molecular flexibility index (Phi) is 5.53. The van der Waals surface area contributed by atoms with Gasteiger partial charge in [0.05, 0.1) is 0 Å². The summed E-state index contributed by atoms with van der Waals surface area (Å²) in [6, 6.07) is 56.3. The lowest BCUT2D eigenvalue weighted by Gasteiger charge is -2.15. The SMILES string of the molecule is c1ccc(-c2cc(-c3ccccc3)cc(-c3ccc(-c4cccc5c4oc4ccccc45)c4ccccc34)c2)cc1. The van der Waals surface area contributed by atoms with Crippen LogP contribution in [0.2, 0.25) is 0 Å². The van der Waals surface area contributed by atoms with Crippen molar-refractivity contribution >= 4 is 32.7 Å². The molecule has 0 fully saturated rings. The summed E-state index contributed by atoms with van der Waals surface area (Å²) in [6.07, 6.45) is 0. The molecule has 0 saturated heterocycles. The van der Waals surface area contributed by atoms with Crippen LogP contribution in [0, 0.1) is 0 Å². The Bertz CT molecular complexity index is 2130. The van der Waals surface area contributed by atoms with Crippen molar-refractivity contribution in [1.82, 2.24) is 0 Å². The van der Waals surface area contributed by atoms with Crippen LogP contribution in [-0.4, -0.2) is 0 Å². The Labute approximate surface area is 238 Å². The Morgan fingerprint density at radius 2 is 0.805 bits per heavy atom. The molecule has 8 aromatic rings. The molecular weight excluding hydrogens is 496 g/mol. The van der Waals surface area contributed by atoms with Gasteiger partial charge in [-0.1, -0.05) is 133 Å².